The van der Waals surface area contributed by atoms with Gasteiger partial charge in [-0.3, -0.25) is 9.59 Å². The van der Waals surface area contributed by atoms with Crippen molar-refractivity contribution < 1.29 is 30.0 Å². The van der Waals surface area contributed by atoms with E-state index in [2.05, 4.69) is 0 Å². The summed E-state index contributed by atoms with van der Waals surface area (Å²) in [6.07, 6.45) is 22.3. The lowest BCUT2D eigenvalue weighted by Crippen LogP contribution is -2.49. The molecular weight excluding hydrogens is 576 g/mol. The molecule has 0 heterocycles. The zero-order chi connectivity index (χ0) is 35.0. The SMILES string of the molecule is CC1=C(/C=C/C(C)=C/C=C/C(C)=C/C=C/C=C(C)/C=C/C=C(C)/C=C/C2=C(C)C(=O)C(O)C(O)C2(C)C)C(C)(C)C(O)C(O)C1=O. The van der Waals surface area contributed by atoms with Gasteiger partial charge < -0.3 is 20.4 Å². The second-order valence-corrected chi connectivity index (χ2v) is 13.4. The fourth-order valence-corrected chi connectivity index (χ4v) is 5.52. The van der Waals surface area contributed by atoms with Gasteiger partial charge in [0.2, 0.25) is 0 Å². The van der Waals surface area contributed by atoms with Crippen molar-refractivity contribution in [3.05, 3.63) is 130 Å². The summed E-state index contributed by atoms with van der Waals surface area (Å²) in [5.41, 5.74) is 5.02. The number of carbonyl (C=O) groups is 2. The molecule has 0 aromatic rings. The van der Waals surface area contributed by atoms with Gasteiger partial charge in [-0.25, -0.2) is 0 Å². The molecule has 6 nitrogen and oxygen atoms in total. The molecule has 0 saturated heterocycles. The van der Waals surface area contributed by atoms with Gasteiger partial charge in [0.05, 0.1) is 12.2 Å². The zero-order valence-corrected chi connectivity index (χ0v) is 29.0. The molecule has 0 aromatic carbocycles. The van der Waals surface area contributed by atoms with Crippen LogP contribution in [0.25, 0.3) is 0 Å². The first-order valence-electron chi connectivity index (χ1n) is 15.6. The van der Waals surface area contributed by atoms with Crippen LogP contribution in [0.4, 0.5) is 0 Å². The Labute approximate surface area is 275 Å². The largest absolute Gasteiger partial charge is 0.389 e. The molecule has 0 bridgehead atoms. The number of allylic oxidation sites excluding steroid dienone is 18. The third kappa shape index (κ3) is 9.43. The summed E-state index contributed by atoms with van der Waals surface area (Å²) >= 11 is 0. The van der Waals surface area contributed by atoms with E-state index in [1.54, 1.807) is 13.8 Å². The normalized spacial score (nSPS) is 27.3. The maximum atomic E-state index is 12.3. The van der Waals surface area contributed by atoms with E-state index >= 15 is 0 Å². The predicted octanol–water partition coefficient (Wildman–Crippen LogP) is 6.85. The van der Waals surface area contributed by atoms with E-state index in [0.29, 0.717) is 11.1 Å². The monoisotopic (exact) mass is 628 g/mol. The Hall–Kier alpha value is -3.68. The minimum absolute atomic E-state index is 0.434. The van der Waals surface area contributed by atoms with Crippen molar-refractivity contribution in [1.29, 1.82) is 0 Å². The summed E-state index contributed by atoms with van der Waals surface area (Å²) < 4.78 is 0. The Bertz CT molecular complexity index is 1410. The molecule has 0 amide bonds. The van der Waals surface area contributed by atoms with E-state index < -0.39 is 46.8 Å². The molecule has 0 saturated carbocycles. The maximum Gasteiger partial charge on any atom is 0.189 e. The van der Waals surface area contributed by atoms with Gasteiger partial charge in [-0.05, 0) is 63.8 Å². The van der Waals surface area contributed by atoms with Crippen molar-refractivity contribution in [1.82, 2.24) is 0 Å². The fourth-order valence-electron chi connectivity index (χ4n) is 5.52. The van der Waals surface area contributed by atoms with E-state index in [9.17, 15) is 30.0 Å². The predicted molar refractivity (Wildman–Crippen MR) is 188 cm³/mol. The van der Waals surface area contributed by atoms with Crippen molar-refractivity contribution in [3.8, 4) is 0 Å². The Morgan fingerprint density at radius 3 is 1.13 bits per heavy atom. The van der Waals surface area contributed by atoms with Gasteiger partial charge >= 0.3 is 0 Å². The Balaban J connectivity index is 1.98. The van der Waals surface area contributed by atoms with Gasteiger partial charge in [0.1, 0.15) is 12.2 Å². The third-order valence-corrected chi connectivity index (χ3v) is 8.84. The van der Waals surface area contributed by atoms with E-state index in [1.807, 2.05) is 140 Å². The number of hydrogen-bond donors (Lipinski definition) is 4. The Morgan fingerprint density at radius 2 is 0.804 bits per heavy atom. The lowest BCUT2D eigenvalue weighted by molar-refractivity contribution is -0.136. The molecule has 2 rings (SSSR count). The zero-order valence-electron chi connectivity index (χ0n) is 29.0. The smallest absolute Gasteiger partial charge is 0.189 e. The van der Waals surface area contributed by atoms with Crippen LogP contribution in [0.5, 0.6) is 0 Å². The number of rotatable bonds is 10. The Kier molecular flexibility index (Phi) is 13.6. The average Bonchev–Trinajstić information content (AvgIpc) is 2.99. The first-order chi connectivity index (χ1) is 21.3. The minimum atomic E-state index is -1.39. The standard InChI is InChI=1S/C40H52O6/c1-25(17-13-19-27(3)21-23-31-29(5)33(41)35(43)37(45)39(31,7)8)15-11-12-16-26(2)18-14-20-28(4)22-24-32-30(6)34(42)36(44)38(46)40(32,9)10/h11-24,35-38,43-46H,1-10H3/b12-11+,17-13+,18-14+,23-21+,24-22+,25-15+,26-16+,27-19+,28-20+. The number of ketones is 2. The highest BCUT2D eigenvalue weighted by atomic mass is 16.3. The first-order valence-corrected chi connectivity index (χ1v) is 15.6. The highest BCUT2D eigenvalue weighted by Gasteiger charge is 2.46. The van der Waals surface area contributed by atoms with Crippen molar-refractivity contribution in [2.75, 3.05) is 0 Å². The maximum absolute atomic E-state index is 12.3. The molecule has 2 aliphatic carbocycles. The summed E-state index contributed by atoms with van der Waals surface area (Å²) in [4.78, 5) is 24.6. The number of aliphatic hydroxyl groups is 4. The van der Waals surface area contributed by atoms with Crippen molar-refractivity contribution >= 4 is 11.6 Å². The second kappa shape index (κ2) is 16.2. The highest BCUT2D eigenvalue weighted by Crippen LogP contribution is 2.41. The molecule has 4 N–H and O–H groups in total. The summed E-state index contributed by atoms with van der Waals surface area (Å²) in [6.45, 7) is 18.6. The van der Waals surface area contributed by atoms with Crippen molar-refractivity contribution in [3.63, 3.8) is 0 Å². The van der Waals surface area contributed by atoms with E-state index in [0.717, 1.165) is 33.4 Å². The first kappa shape index (κ1) is 38.5. The molecule has 4 atom stereocenters. The third-order valence-electron chi connectivity index (χ3n) is 8.84. The number of hydrogen-bond acceptors (Lipinski definition) is 6. The summed E-state index contributed by atoms with van der Waals surface area (Å²) in [7, 11) is 0. The fraction of sp³-hybridized carbons (Fsp3) is 0.400. The van der Waals surface area contributed by atoms with Crippen LogP contribution in [0.3, 0.4) is 0 Å². The van der Waals surface area contributed by atoms with Crippen molar-refractivity contribution in [2.24, 2.45) is 10.8 Å². The van der Waals surface area contributed by atoms with E-state index in [-0.39, 0.29) is 0 Å². The second-order valence-electron chi connectivity index (χ2n) is 13.4. The van der Waals surface area contributed by atoms with Gasteiger partial charge in [-0.1, -0.05) is 135 Å². The van der Waals surface area contributed by atoms with Gasteiger partial charge in [-0.2, -0.15) is 0 Å². The number of carbonyl (C=O) groups excluding carboxylic acids is 2. The molecule has 2 aliphatic rings. The summed E-state index contributed by atoms with van der Waals surface area (Å²) in [5, 5.41) is 40.9. The number of aliphatic hydroxyl groups excluding tert-OH is 4. The van der Waals surface area contributed by atoms with Crippen LogP contribution in [-0.4, -0.2) is 56.4 Å². The summed E-state index contributed by atoms with van der Waals surface area (Å²) in [6, 6.07) is 0. The molecule has 0 spiro atoms. The highest BCUT2D eigenvalue weighted by molar-refractivity contribution is 6.01. The molecule has 0 aliphatic heterocycles. The molecule has 248 valence electrons. The van der Waals surface area contributed by atoms with E-state index in [1.165, 1.54) is 0 Å². The molecular formula is C40H52O6. The van der Waals surface area contributed by atoms with Crippen LogP contribution in [0, 0.1) is 10.8 Å². The molecule has 6 heteroatoms. The molecule has 0 fully saturated rings. The van der Waals surface area contributed by atoms with Crippen molar-refractivity contribution in [2.45, 2.75) is 93.7 Å². The number of Topliss-reactive ketones (excluding diaryl/α,β-unsaturated/α-hetero) is 2. The van der Waals surface area contributed by atoms with Crippen LogP contribution >= 0.6 is 0 Å². The van der Waals surface area contributed by atoms with Crippen LogP contribution in [-0.2, 0) is 9.59 Å². The summed E-state index contributed by atoms with van der Waals surface area (Å²) in [5.74, 6) is -0.868. The molecule has 46 heavy (non-hydrogen) atoms. The molecule has 4 unspecified atom stereocenters. The molecule has 0 radical (unpaired) electrons. The molecule has 0 aromatic heterocycles. The van der Waals surface area contributed by atoms with Crippen LogP contribution < -0.4 is 0 Å². The van der Waals surface area contributed by atoms with Crippen LogP contribution in [0.2, 0.25) is 0 Å². The quantitative estimate of drug-likeness (QED) is 0.197. The van der Waals surface area contributed by atoms with Crippen LogP contribution in [0.1, 0.15) is 69.2 Å². The Morgan fingerprint density at radius 1 is 0.522 bits per heavy atom. The van der Waals surface area contributed by atoms with Gasteiger partial charge in [-0.15, -0.1) is 0 Å². The van der Waals surface area contributed by atoms with Gasteiger partial charge in [0, 0.05) is 10.8 Å². The van der Waals surface area contributed by atoms with Crippen LogP contribution in [0.15, 0.2) is 130 Å². The van der Waals surface area contributed by atoms with E-state index in [4.69, 9.17) is 0 Å². The minimum Gasteiger partial charge on any atom is -0.389 e. The topological polar surface area (TPSA) is 115 Å². The van der Waals surface area contributed by atoms with Gasteiger partial charge in [0.25, 0.3) is 0 Å². The lowest BCUT2D eigenvalue weighted by Gasteiger charge is -2.39. The van der Waals surface area contributed by atoms with Gasteiger partial charge in [0.15, 0.2) is 11.6 Å². The average molecular weight is 629 g/mol. The lowest BCUT2D eigenvalue weighted by atomic mass is 9.69.